The van der Waals surface area contributed by atoms with E-state index in [1.54, 1.807) is 54.6 Å². The van der Waals surface area contributed by atoms with Crippen LogP contribution in [-0.4, -0.2) is 36.6 Å². The number of hydrogen-bond acceptors (Lipinski definition) is 6. The highest BCUT2D eigenvalue weighted by Crippen LogP contribution is 2.29. The number of nitrogens with zero attached hydrogens (tertiary/aromatic N) is 1. The standard InChI is InChI=1S/C31H33ClN4O5/c1-2-40-28-18-22(14-17-27(28)41-20-21-12-15-23(32)16-13-21)19-33-36-31(39)30(38)35-26-11-7-6-10-25(26)29(37)34-24-8-4-3-5-9-24/h6-7,10-19,24H,2-5,8-9,20H2,1H3,(H,34,37)(H,35,38)(H,36,39)/b33-19+. The molecule has 0 spiro atoms. The van der Waals surface area contributed by atoms with Crippen LogP contribution in [0.1, 0.15) is 60.5 Å². The van der Waals surface area contributed by atoms with E-state index in [0.29, 0.717) is 40.9 Å². The van der Waals surface area contributed by atoms with Gasteiger partial charge >= 0.3 is 11.8 Å². The molecule has 0 aliphatic heterocycles. The van der Waals surface area contributed by atoms with Gasteiger partial charge in [0.2, 0.25) is 0 Å². The third kappa shape index (κ3) is 8.81. The summed E-state index contributed by atoms with van der Waals surface area (Å²) < 4.78 is 11.6. The zero-order valence-electron chi connectivity index (χ0n) is 22.8. The SMILES string of the molecule is CCOc1cc(/C=N/NC(=O)C(=O)Nc2ccccc2C(=O)NC2CCCCC2)ccc1OCc1ccc(Cl)cc1. The van der Waals surface area contributed by atoms with E-state index in [2.05, 4.69) is 21.2 Å². The van der Waals surface area contributed by atoms with Crippen molar-refractivity contribution < 1.29 is 23.9 Å². The summed E-state index contributed by atoms with van der Waals surface area (Å²) in [5.41, 5.74) is 4.34. The van der Waals surface area contributed by atoms with Crippen molar-refractivity contribution in [3.8, 4) is 11.5 Å². The molecule has 9 nitrogen and oxygen atoms in total. The van der Waals surface area contributed by atoms with Crippen LogP contribution in [0, 0.1) is 0 Å². The number of halogens is 1. The fourth-order valence-corrected chi connectivity index (χ4v) is 4.56. The highest BCUT2D eigenvalue weighted by Gasteiger charge is 2.21. The van der Waals surface area contributed by atoms with Gasteiger partial charge in [-0.25, -0.2) is 5.43 Å². The first kappa shape index (κ1) is 29.6. The lowest BCUT2D eigenvalue weighted by Crippen LogP contribution is -2.37. The van der Waals surface area contributed by atoms with E-state index in [1.165, 1.54) is 12.6 Å². The molecular formula is C31H33ClN4O5. The number of amides is 3. The van der Waals surface area contributed by atoms with Crippen molar-refractivity contribution in [2.75, 3.05) is 11.9 Å². The molecule has 3 N–H and O–H groups in total. The molecular weight excluding hydrogens is 544 g/mol. The Labute approximate surface area is 244 Å². The second kappa shape index (κ2) is 14.9. The molecule has 1 saturated carbocycles. The zero-order chi connectivity index (χ0) is 29.0. The lowest BCUT2D eigenvalue weighted by molar-refractivity contribution is -0.136. The van der Waals surface area contributed by atoms with Gasteiger partial charge in [0.1, 0.15) is 6.61 Å². The molecule has 1 fully saturated rings. The lowest BCUT2D eigenvalue weighted by Gasteiger charge is -2.23. The molecule has 3 aromatic carbocycles. The fourth-order valence-electron chi connectivity index (χ4n) is 4.43. The minimum absolute atomic E-state index is 0.116. The number of carbonyl (C=O) groups excluding carboxylic acids is 3. The average Bonchev–Trinajstić information content (AvgIpc) is 2.98. The highest BCUT2D eigenvalue weighted by molar-refractivity contribution is 6.40. The number of para-hydroxylation sites is 1. The Hall–Kier alpha value is -4.37. The van der Waals surface area contributed by atoms with Crippen LogP contribution in [0.4, 0.5) is 5.69 Å². The molecule has 10 heteroatoms. The molecule has 4 rings (SSSR count). The lowest BCUT2D eigenvalue weighted by atomic mass is 9.95. The Balaban J connectivity index is 1.33. The second-order valence-electron chi connectivity index (χ2n) is 9.56. The maximum Gasteiger partial charge on any atom is 0.329 e. The Morgan fingerprint density at radius 1 is 0.927 bits per heavy atom. The number of anilines is 1. The Kier molecular flexibility index (Phi) is 10.7. The molecule has 1 aliphatic rings. The molecule has 0 unspecified atom stereocenters. The summed E-state index contributed by atoms with van der Waals surface area (Å²) in [7, 11) is 0. The Bertz CT molecular complexity index is 1390. The molecule has 0 saturated heterocycles. The van der Waals surface area contributed by atoms with E-state index >= 15 is 0 Å². The summed E-state index contributed by atoms with van der Waals surface area (Å²) in [6.45, 7) is 2.62. The molecule has 0 aromatic heterocycles. The van der Waals surface area contributed by atoms with Crippen molar-refractivity contribution in [2.45, 2.75) is 51.7 Å². The molecule has 3 amide bonds. The number of nitrogens with one attached hydrogen (secondary N) is 3. The molecule has 1 aliphatic carbocycles. The van der Waals surface area contributed by atoms with Crippen molar-refractivity contribution in [2.24, 2.45) is 5.10 Å². The maximum atomic E-state index is 12.8. The normalized spacial score (nSPS) is 13.4. The van der Waals surface area contributed by atoms with Gasteiger partial charge in [0.15, 0.2) is 11.5 Å². The molecule has 0 atom stereocenters. The van der Waals surface area contributed by atoms with Gasteiger partial charge in [-0.15, -0.1) is 0 Å². The van der Waals surface area contributed by atoms with Crippen LogP contribution in [-0.2, 0) is 16.2 Å². The van der Waals surface area contributed by atoms with Crippen molar-refractivity contribution in [1.29, 1.82) is 0 Å². The number of carbonyl (C=O) groups is 3. The average molecular weight is 577 g/mol. The zero-order valence-corrected chi connectivity index (χ0v) is 23.6. The predicted octanol–water partition coefficient (Wildman–Crippen LogP) is 5.47. The van der Waals surface area contributed by atoms with Gasteiger partial charge in [-0.2, -0.15) is 5.10 Å². The topological polar surface area (TPSA) is 118 Å². The number of ether oxygens (including phenoxy) is 2. The Morgan fingerprint density at radius 2 is 1.68 bits per heavy atom. The Morgan fingerprint density at radius 3 is 2.44 bits per heavy atom. The van der Waals surface area contributed by atoms with Gasteiger partial charge in [-0.3, -0.25) is 14.4 Å². The van der Waals surface area contributed by atoms with E-state index in [-0.39, 0.29) is 17.6 Å². The van der Waals surface area contributed by atoms with E-state index in [9.17, 15) is 14.4 Å². The molecule has 0 heterocycles. The third-order valence-corrected chi connectivity index (χ3v) is 6.77. The first-order chi connectivity index (χ1) is 19.9. The van der Waals surface area contributed by atoms with Gasteiger partial charge in [0, 0.05) is 11.1 Å². The van der Waals surface area contributed by atoms with Crippen LogP contribution >= 0.6 is 11.6 Å². The smallest absolute Gasteiger partial charge is 0.329 e. The minimum Gasteiger partial charge on any atom is -0.490 e. The van der Waals surface area contributed by atoms with Crippen LogP contribution in [0.3, 0.4) is 0 Å². The van der Waals surface area contributed by atoms with Crippen molar-refractivity contribution >= 4 is 41.2 Å². The quantitative estimate of drug-likeness (QED) is 0.168. The first-order valence-electron chi connectivity index (χ1n) is 13.6. The molecule has 214 valence electrons. The largest absolute Gasteiger partial charge is 0.490 e. The molecule has 3 aromatic rings. The van der Waals surface area contributed by atoms with E-state index in [1.807, 2.05) is 19.1 Å². The first-order valence-corrected chi connectivity index (χ1v) is 14.0. The summed E-state index contributed by atoms with van der Waals surface area (Å²) in [4.78, 5) is 37.8. The summed E-state index contributed by atoms with van der Waals surface area (Å²) in [5.74, 6) is -1.14. The highest BCUT2D eigenvalue weighted by atomic mass is 35.5. The van der Waals surface area contributed by atoms with Crippen LogP contribution in [0.15, 0.2) is 71.8 Å². The molecule has 41 heavy (non-hydrogen) atoms. The summed E-state index contributed by atoms with van der Waals surface area (Å²) in [5, 5.41) is 10.1. The van der Waals surface area contributed by atoms with Crippen LogP contribution in [0.25, 0.3) is 0 Å². The van der Waals surface area contributed by atoms with Gasteiger partial charge in [-0.05, 0) is 73.4 Å². The second-order valence-corrected chi connectivity index (χ2v) is 10.00. The van der Waals surface area contributed by atoms with Gasteiger partial charge in [0.05, 0.1) is 24.1 Å². The fraction of sp³-hybridized carbons (Fsp3) is 0.290. The summed E-state index contributed by atoms with van der Waals surface area (Å²) in [6.07, 6.45) is 6.60. The van der Waals surface area contributed by atoms with Gasteiger partial charge in [-0.1, -0.05) is 55.1 Å². The molecule has 0 radical (unpaired) electrons. The number of hydrazone groups is 1. The van der Waals surface area contributed by atoms with E-state index in [0.717, 1.165) is 31.2 Å². The number of hydrogen-bond donors (Lipinski definition) is 3. The van der Waals surface area contributed by atoms with Crippen molar-refractivity contribution in [1.82, 2.24) is 10.7 Å². The summed E-state index contributed by atoms with van der Waals surface area (Å²) >= 11 is 5.94. The van der Waals surface area contributed by atoms with Gasteiger partial charge in [0.25, 0.3) is 5.91 Å². The van der Waals surface area contributed by atoms with E-state index < -0.39 is 11.8 Å². The number of rotatable bonds is 10. The maximum absolute atomic E-state index is 12.8. The number of benzene rings is 3. The van der Waals surface area contributed by atoms with Crippen molar-refractivity contribution in [3.63, 3.8) is 0 Å². The minimum atomic E-state index is -0.975. The summed E-state index contributed by atoms with van der Waals surface area (Å²) in [6, 6.07) is 19.3. The predicted molar refractivity (Wildman–Crippen MR) is 159 cm³/mol. The van der Waals surface area contributed by atoms with Gasteiger partial charge < -0.3 is 20.1 Å². The van der Waals surface area contributed by atoms with E-state index in [4.69, 9.17) is 21.1 Å². The van der Waals surface area contributed by atoms with Crippen LogP contribution < -0.4 is 25.5 Å². The van der Waals surface area contributed by atoms with Crippen LogP contribution in [0.2, 0.25) is 5.02 Å². The molecule has 0 bridgehead atoms. The monoisotopic (exact) mass is 576 g/mol. The third-order valence-electron chi connectivity index (χ3n) is 6.52. The van der Waals surface area contributed by atoms with Crippen LogP contribution in [0.5, 0.6) is 11.5 Å². The van der Waals surface area contributed by atoms with Crippen molar-refractivity contribution in [3.05, 3.63) is 88.4 Å².